The van der Waals surface area contributed by atoms with E-state index < -0.39 is 0 Å². The molecule has 0 bridgehead atoms. The number of pyridine rings is 1. The van der Waals surface area contributed by atoms with Crippen LogP contribution in [0.4, 0.5) is 4.39 Å². The lowest BCUT2D eigenvalue weighted by Gasteiger charge is -2.05. The van der Waals surface area contributed by atoms with Gasteiger partial charge in [-0.3, -0.25) is 4.98 Å². The van der Waals surface area contributed by atoms with Crippen LogP contribution in [0.2, 0.25) is 10.0 Å². The Morgan fingerprint density at radius 1 is 1.19 bits per heavy atom. The molecule has 1 nitrogen and oxygen atoms in total. The van der Waals surface area contributed by atoms with E-state index in [0.29, 0.717) is 26.9 Å². The molecule has 0 radical (unpaired) electrons. The highest BCUT2D eigenvalue weighted by Gasteiger charge is 2.07. The summed E-state index contributed by atoms with van der Waals surface area (Å²) in [5.41, 5.74) is 1.68. The summed E-state index contributed by atoms with van der Waals surface area (Å²) in [5.74, 6) is -0.295. The predicted molar refractivity (Wildman–Crippen MR) is 64.4 cm³/mol. The van der Waals surface area contributed by atoms with Crippen molar-refractivity contribution in [2.75, 3.05) is 0 Å². The molecule has 2 aromatic rings. The Morgan fingerprint density at radius 2 is 1.94 bits per heavy atom. The van der Waals surface area contributed by atoms with E-state index in [-0.39, 0.29) is 5.82 Å². The molecular weight excluding hydrogens is 248 g/mol. The fourth-order valence-corrected chi connectivity index (χ4v) is 1.85. The summed E-state index contributed by atoms with van der Waals surface area (Å²) in [6.07, 6.45) is 1.48. The van der Waals surface area contributed by atoms with Crippen LogP contribution in [0.1, 0.15) is 5.56 Å². The third-order valence-corrected chi connectivity index (χ3v) is 2.79. The number of benzene rings is 1. The van der Waals surface area contributed by atoms with Gasteiger partial charge in [0.05, 0.1) is 10.7 Å². The first-order valence-electron chi connectivity index (χ1n) is 4.65. The van der Waals surface area contributed by atoms with Gasteiger partial charge in [0.1, 0.15) is 5.82 Å². The van der Waals surface area contributed by atoms with E-state index in [2.05, 4.69) is 4.98 Å². The summed E-state index contributed by atoms with van der Waals surface area (Å²) in [7, 11) is 0. The maximum Gasteiger partial charge on any atom is 0.129 e. The highest BCUT2D eigenvalue weighted by Crippen LogP contribution is 2.29. The van der Waals surface area contributed by atoms with Crippen LogP contribution < -0.4 is 0 Å². The number of rotatable bonds is 1. The Hall–Kier alpha value is -1.12. The highest BCUT2D eigenvalue weighted by atomic mass is 35.5. The van der Waals surface area contributed by atoms with Gasteiger partial charge < -0.3 is 0 Å². The van der Waals surface area contributed by atoms with Crippen molar-refractivity contribution < 1.29 is 4.39 Å². The first-order chi connectivity index (χ1) is 7.58. The van der Waals surface area contributed by atoms with Crippen molar-refractivity contribution in [2.45, 2.75) is 6.92 Å². The Morgan fingerprint density at radius 3 is 2.56 bits per heavy atom. The largest absolute Gasteiger partial charge is 0.256 e. The highest BCUT2D eigenvalue weighted by molar-refractivity contribution is 6.36. The third-order valence-electron chi connectivity index (χ3n) is 2.24. The molecule has 0 aliphatic heterocycles. The zero-order valence-electron chi connectivity index (χ0n) is 8.47. The van der Waals surface area contributed by atoms with Crippen molar-refractivity contribution >= 4 is 23.2 Å². The van der Waals surface area contributed by atoms with E-state index in [4.69, 9.17) is 23.2 Å². The maximum atomic E-state index is 13.4. The Bertz CT molecular complexity index is 541. The van der Waals surface area contributed by atoms with Crippen LogP contribution in [0.25, 0.3) is 11.3 Å². The number of hydrogen-bond acceptors (Lipinski definition) is 1. The van der Waals surface area contributed by atoms with Crippen molar-refractivity contribution in [3.63, 3.8) is 0 Å². The second-order valence-corrected chi connectivity index (χ2v) is 4.29. The van der Waals surface area contributed by atoms with Crippen LogP contribution in [0.3, 0.4) is 0 Å². The molecule has 0 N–H and O–H groups in total. The number of nitrogens with zero attached hydrogens (tertiary/aromatic N) is 1. The summed E-state index contributed by atoms with van der Waals surface area (Å²) in [6.45, 7) is 1.66. The Kier molecular flexibility index (Phi) is 3.13. The molecule has 0 aliphatic carbocycles. The van der Waals surface area contributed by atoms with E-state index in [9.17, 15) is 4.39 Å². The van der Waals surface area contributed by atoms with E-state index in [0.717, 1.165) is 0 Å². The molecule has 0 saturated carbocycles. The second-order valence-electron chi connectivity index (χ2n) is 3.44. The normalized spacial score (nSPS) is 10.5. The van der Waals surface area contributed by atoms with Gasteiger partial charge in [0, 0.05) is 28.4 Å². The van der Waals surface area contributed by atoms with Gasteiger partial charge in [-0.05, 0) is 25.1 Å². The first-order valence-corrected chi connectivity index (χ1v) is 5.41. The SMILES string of the molecule is Cc1cnc(-c2ccc(Cl)cc2Cl)cc1F. The standard InChI is InChI=1S/C12H8Cl2FN/c1-7-6-16-12(5-11(7)15)9-3-2-8(13)4-10(9)14/h2-6H,1H3. The van der Waals surface area contributed by atoms with Gasteiger partial charge in [-0.15, -0.1) is 0 Å². The summed E-state index contributed by atoms with van der Waals surface area (Å²) in [5, 5.41) is 1.00. The van der Waals surface area contributed by atoms with Crippen LogP contribution in [0, 0.1) is 12.7 Å². The summed E-state index contributed by atoms with van der Waals surface area (Å²) in [4.78, 5) is 4.13. The van der Waals surface area contributed by atoms with Crippen LogP contribution >= 0.6 is 23.2 Å². The number of halogens is 3. The molecule has 16 heavy (non-hydrogen) atoms. The smallest absolute Gasteiger partial charge is 0.129 e. The summed E-state index contributed by atoms with van der Waals surface area (Å²) in [6, 6.07) is 6.40. The molecule has 0 unspecified atom stereocenters. The summed E-state index contributed by atoms with van der Waals surface area (Å²) >= 11 is 11.8. The van der Waals surface area contributed by atoms with Crippen LogP contribution in [0.15, 0.2) is 30.5 Å². The van der Waals surface area contributed by atoms with Gasteiger partial charge in [0.15, 0.2) is 0 Å². The molecule has 0 atom stereocenters. The van der Waals surface area contributed by atoms with Gasteiger partial charge in [-0.2, -0.15) is 0 Å². The minimum absolute atomic E-state index is 0.295. The molecule has 4 heteroatoms. The van der Waals surface area contributed by atoms with Crippen LogP contribution in [-0.2, 0) is 0 Å². The lowest BCUT2D eigenvalue weighted by molar-refractivity contribution is 0.616. The molecule has 1 aromatic heterocycles. The van der Waals surface area contributed by atoms with Gasteiger partial charge in [-0.25, -0.2) is 4.39 Å². The van der Waals surface area contributed by atoms with Crippen molar-refractivity contribution in [1.82, 2.24) is 4.98 Å². The molecule has 0 fully saturated rings. The van der Waals surface area contributed by atoms with E-state index in [1.54, 1.807) is 25.1 Å². The lowest BCUT2D eigenvalue weighted by atomic mass is 10.1. The summed E-state index contributed by atoms with van der Waals surface area (Å²) < 4.78 is 13.4. The molecule has 1 aromatic carbocycles. The minimum Gasteiger partial charge on any atom is -0.256 e. The minimum atomic E-state index is -0.295. The number of aromatic nitrogens is 1. The molecule has 82 valence electrons. The molecule has 1 heterocycles. The van der Waals surface area contributed by atoms with Gasteiger partial charge in [0.25, 0.3) is 0 Å². The zero-order valence-corrected chi connectivity index (χ0v) is 9.98. The fraction of sp³-hybridized carbons (Fsp3) is 0.0833. The average molecular weight is 256 g/mol. The molecule has 0 amide bonds. The van der Waals surface area contributed by atoms with E-state index in [1.807, 2.05) is 0 Å². The van der Waals surface area contributed by atoms with Gasteiger partial charge >= 0.3 is 0 Å². The quantitative estimate of drug-likeness (QED) is 0.731. The maximum absolute atomic E-state index is 13.4. The zero-order chi connectivity index (χ0) is 11.7. The lowest BCUT2D eigenvalue weighted by Crippen LogP contribution is -1.89. The van der Waals surface area contributed by atoms with Crippen molar-refractivity contribution in [1.29, 1.82) is 0 Å². The van der Waals surface area contributed by atoms with Crippen molar-refractivity contribution in [3.8, 4) is 11.3 Å². The van der Waals surface area contributed by atoms with E-state index in [1.165, 1.54) is 12.3 Å². The molecular formula is C12H8Cl2FN. The topological polar surface area (TPSA) is 12.9 Å². The van der Waals surface area contributed by atoms with Gasteiger partial charge in [-0.1, -0.05) is 23.2 Å². The molecule has 2 rings (SSSR count). The molecule has 0 aliphatic rings. The Balaban J connectivity index is 2.54. The Labute approximate surface area is 103 Å². The molecule has 0 spiro atoms. The predicted octanol–water partition coefficient (Wildman–Crippen LogP) is 4.50. The first kappa shape index (κ1) is 11.4. The van der Waals surface area contributed by atoms with E-state index >= 15 is 0 Å². The fourth-order valence-electron chi connectivity index (χ4n) is 1.34. The monoisotopic (exact) mass is 255 g/mol. The van der Waals surface area contributed by atoms with Crippen LogP contribution in [0.5, 0.6) is 0 Å². The number of hydrogen-bond donors (Lipinski definition) is 0. The van der Waals surface area contributed by atoms with Crippen LogP contribution in [-0.4, -0.2) is 4.98 Å². The number of aryl methyl sites for hydroxylation is 1. The average Bonchev–Trinajstić information content (AvgIpc) is 2.22. The third kappa shape index (κ3) is 2.18. The van der Waals surface area contributed by atoms with Crippen molar-refractivity contribution in [3.05, 3.63) is 51.9 Å². The second kappa shape index (κ2) is 4.40. The van der Waals surface area contributed by atoms with Gasteiger partial charge in [0.2, 0.25) is 0 Å². The molecule has 0 saturated heterocycles. The van der Waals surface area contributed by atoms with Crippen molar-refractivity contribution in [2.24, 2.45) is 0 Å².